The molecular formula is C14H18N3O4+. The molecule has 0 aliphatic heterocycles. The third-order valence-corrected chi connectivity index (χ3v) is 3.09. The maximum absolute atomic E-state index is 12.0. The van der Waals surface area contributed by atoms with Gasteiger partial charge in [-0.3, -0.25) is 9.59 Å². The van der Waals surface area contributed by atoms with E-state index in [9.17, 15) is 14.7 Å². The van der Waals surface area contributed by atoms with Crippen molar-refractivity contribution in [2.75, 3.05) is 26.2 Å². The van der Waals surface area contributed by atoms with Gasteiger partial charge in [-0.2, -0.15) is 0 Å². The van der Waals surface area contributed by atoms with Crippen LogP contribution in [-0.4, -0.2) is 47.3 Å². The normalized spacial score (nSPS) is 10.7. The van der Waals surface area contributed by atoms with E-state index in [0.29, 0.717) is 30.5 Å². The minimum Gasteiger partial charge on any atom is -0.506 e. The molecule has 0 unspecified atom stereocenters. The number of aliphatic hydroxyl groups is 1. The molecule has 112 valence electrons. The van der Waals surface area contributed by atoms with Crippen molar-refractivity contribution in [1.29, 1.82) is 0 Å². The van der Waals surface area contributed by atoms with E-state index in [0.717, 1.165) is 0 Å². The summed E-state index contributed by atoms with van der Waals surface area (Å²) < 4.78 is 0. The Morgan fingerprint density at radius 1 is 1.29 bits per heavy atom. The lowest BCUT2D eigenvalue weighted by Crippen LogP contribution is -2.86. The second-order valence-corrected chi connectivity index (χ2v) is 4.57. The van der Waals surface area contributed by atoms with E-state index in [1.165, 1.54) is 0 Å². The summed E-state index contributed by atoms with van der Waals surface area (Å²) in [5, 5.41) is 23.6. The van der Waals surface area contributed by atoms with Crippen molar-refractivity contribution in [1.82, 2.24) is 10.3 Å². The van der Waals surface area contributed by atoms with Gasteiger partial charge in [0.25, 0.3) is 11.5 Å². The number of H-pyrrole nitrogens is 1. The second-order valence-electron chi connectivity index (χ2n) is 4.57. The highest BCUT2D eigenvalue weighted by Crippen LogP contribution is 2.24. The molecule has 1 amide bonds. The van der Waals surface area contributed by atoms with Gasteiger partial charge in [-0.15, -0.1) is 0 Å². The molecule has 7 heteroatoms. The Balaban J connectivity index is 2.17. The molecule has 1 aromatic carbocycles. The molecular weight excluding hydrogens is 274 g/mol. The number of carbonyl (C=O) groups is 1. The second kappa shape index (κ2) is 6.87. The standard InChI is InChI=1S/C14H17N3O4/c18-8-7-15-5-6-16-13(20)11-12(19)9-3-1-2-4-10(9)17-14(11)21/h1-4,15,18H,5-8H2,(H,16,20)(H2,17,19,21)/p+1. The third-order valence-electron chi connectivity index (χ3n) is 3.09. The summed E-state index contributed by atoms with van der Waals surface area (Å²) >= 11 is 0. The van der Waals surface area contributed by atoms with Gasteiger partial charge in [0.05, 0.1) is 31.8 Å². The minimum atomic E-state index is -0.622. The number of aromatic nitrogens is 1. The third kappa shape index (κ3) is 3.39. The van der Waals surface area contributed by atoms with Gasteiger partial charge >= 0.3 is 0 Å². The predicted molar refractivity (Wildman–Crippen MR) is 77.3 cm³/mol. The number of para-hydroxylation sites is 1. The molecule has 0 aliphatic rings. The van der Waals surface area contributed by atoms with Crippen molar-refractivity contribution in [2.45, 2.75) is 0 Å². The van der Waals surface area contributed by atoms with Crippen LogP contribution in [0.25, 0.3) is 10.9 Å². The van der Waals surface area contributed by atoms with E-state index in [4.69, 9.17) is 5.11 Å². The SMILES string of the molecule is O=C(NCC[NH2+]CCO)c1c(O)c2ccccc2[nH]c1=O. The summed E-state index contributed by atoms with van der Waals surface area (Å²) in [7, 11) is 0. The molecule has 0 spiro atoms. The van der Waals surface area contributed by atoms with Crippen LogP contribution in [0.4, 0.5) is 0 Å². The first-order valence-electron chi connectivity index (χ1n) is 6.70. The highest BCUT2D eigenvalue weighted by molar-refractivity contribution is 6.01. The number of aromatic amines is 1. The topological polar surface area (TPSA) is 119 Å². The zero-order valence-electron chi connectivity index (χ0n) is 11.4. The molecule has 0 atom stereocenters. The first-order chi connectivity index (χ1) is 10.1. The Morgan fingerprint density at radius 2 is 2.05 bits per heavy atom. The number of carbonyl (C=O) groups excluding carboxylic acids is 1. The number of hydrogen-bond donors (Lipinski definition) is 5. The highest BCUT2D eigenvalue weighted by atomic mass is 16.3. The van der Waals surface area contributed by atoms with Gasteiger partial charge in [0.2, 0.25) is 0 Å². The number of nitrogens with two attached hydrogens (primary N) is 1. The van der Waals surface area contributed by atoms with Crippen LogP contribution in [-0.2, 0) is 0 Å². The van der Waals surface area contributed by atoms with Crippen molar-refractivity contribution in [2.24, 2.45) is 0 Å². The van der Waals surface area contributed by atoms with Gasteiger partial charge in [0.1, 0.15) is 11.3 Å². The molecule has 2 rings (SSSR count). The van der Waals surface area contributed by atoms with E-state index in [-0.39, 0.29) is 17.9 Å². The van der Waals surface area contributed by atoms with Crippen LogP contribution in [0.5, 0.6) is 5.75 Å². The average molecular weight is 292 g/mol. The van der Waals surface area contributed by atoms with Crippen LogP contribution in [0.15, 0.2) is 29.1 Å². The molecule has 0 saturated carbocycles. The number of quaternary nitrogens is 1. The first-order valence-corrected chi connectivity index (χ1v) is 6.70. The number of fused-ring (bicyclic) bond motifs is 1. The zero-order valence-corrected chi connectivity index (χ0v) is 11.4. The van der Waals surface area contributed by atoms with Gasteiger partial charge < -0.3 is 25.8 Å². The largest absolute Gasteiger partial charge is 0.506 e. The first kappa shape index (κ1) is 15.0. The molecule has 0 radical (unpaired) electrons. The number of pyridine rings is 1. The van der Waals surface area contributed by atoms with Crippen molar-refractivity contribution in [3.8, 4) is 5.75 Å². The lowest BCUT2D eigenvalue weighted by atomic mass is 10.1. The van der Waals surface area contributed by atoms with Crippen LogP contribution in [0.2, 0.25) is 0 Å². The Bertz CT molecular complexity index is 696. The smallest absolute Gasteiger partial charge is 0.265 e. The van der Waals surface area contributed by atoms with Crippen molar-refractivity contribution < 1.29 is 20.3 Å². The van der Waals surface area contributed by atoms with Crippen molar-refractivity contribution in [3.05, 3.63) is 40.2 Å². The fourth-order valence-corrected chi connectivity index (χ4v) is 2.05. The fourth-order valence-electron chi connectivity index (χ4n) is 2.05. The fraction of sp³-hybridized carbons (Fsp3) is 0.286. The van der Waals surface area contributed by atoms with E-state index in [1.54, 1.807) is 24.3 Å². The Hall–Kier alpha value is -2.38. The van der Waals surface area contributed by atoms with Crippen LogP contribution in [0.1, 0.15) is 10.4 Å². The quantitative estimate of drug-likeness (QED) is 0.417. The molecule has 1 aromatic heterocycles. The number of amides is 1. The van der Waals surface area contributed by atoms with Crippen LogP contribution in [0, 0.1) is 0 Å². The Kier molecular flexibility index (Phi) is 4.91. The van der Waals surface area contributed by atoms with Gasteiger partial charge in [-0.1, -0.05) is 12.1 Å². The summed E-state index contributed by atoms with van der Waals surface area (Å²) in [6.45, 7) is 1.54. The lowest BCUT2D eigenvalue weighted by molar-refractivity contribution is -0.654. The van der Waals surface area contributed by atoms with E-state index in [2.05, 4.69) is 10.3 Å². The minimum absolute atomic E-state index is 0.0685. The molecule has 0 fully saturated rings. The van der Waals surface area contributed by atoms with Gasteiger partial charge in [0.15, 0.2) is 0 Å². The van der Waals surface area contributed by atoms with E-state index < -0.39 is 11.5 Å². The van der Waals surface area contributed by atoms with Gasteiger partial charge in [-0.25, -0.2) is 0 Å². The molecule has 1 heterocycles. The van der Waals surface area contributed by atoms with E-state index in [1.807, 2.05) is 5.32 Å². The lowest BCUT2D eigenvalue weighted by Gasteiger charge is -2.08. The number of rotatable bonds is 6. The molecule has 6 N–H and O–H groups in total. The number of nitrogens with one attached hydrogen (secondary N) is 2. The summed E-state index contributed by atoms with van der Waals surface area (Å²) in [5.74, 6) is -0.928. The molecule has 21 heavy (non-hydrogen) atoms. The average Bonchev–Trinajstić information content (AvgIpc) is 2.47. The number of aromatic hydroxyl groups is 1. The van der Waals surface area contributed by atoms with Crippen LogP contribution < -0.4 is 16.2 Å². The summed E-state index contributed by atoms with van der Waals surface area (Å²) in [6, 6.07) is 6.73. The van der Waals surface area contributed by atoms with Crippen molar-refractivity contribution >= 4 is 16.8 Å². The molecule has 0 bridgehead atoms. The number of hydrogen-bond acceptors (Lipinski definition) is 4. The number of aliphatic hydroxyl groups excluding tert-OH is 1. The number of benzene rings is 1. The van der Waals surface area contributed by atoms with Gasteiger partial charge in [-0.05, 0) is 12.1 Å². The maximum atomic E-state index is 12.0. The van der Waals surface area contributed by atoms with Gasteiger partial charge in [0, 0.05) is 5.39 Å². The monoisotopic (exact) mass is 292 g/mol. The summed E-state index contributed by atoms with van der Waals surface area (Å²) in [4.78, 5) is 26.5. The summed E-state index contributed by atoms with van der Waals surface area (Å²) in [5.41, 5.74) is -0.424. The highest BCUT2D eigenvalue weighted by Gasteiger charge is 2.18. The predicted octanol–water partition coefficient (Wildman–Crippen LogP) is -1.48. The molecule has 2 aromatic rings. The van der Waals surface area contributed by atoms with E-state index >= 15 is 0 Å². The van der Waals surface area contributed by atoms with Crippen LogP contribution in [0.3, 0.4) is 0 Å². The Morgan fingerprint density at radius 3 is 2.81 bits per heavy atom. The van der Waals surface area contributed by atoms with Crippen LogP contribution >= 0.6 is 0 Å². The Labute approximate surface area is 120 Å². The maximum Gasteiger partial charge on any atom is 0.265 e. The molecule has 0 aliphatic carbocycles. The molecule has 7 nitrogen and oxygen atoms in total. The van der Waals surface area contributed by atoms with Crippen molar-refractivity contribution in [3.63, 3.8) is 0 Å². The molecule has 0 saturated heterocycles. The summed E-state index contributed by atoms with van der Waals surface area (Å²) in [6.07, 6.45) is 0. The zero-order chi connectivity index (χ0) is 15.2.